The van der Waals surface area contributed by atoms with Gasteiger partial charge in [0, 0.05) is 10.7 Å². The number of rotatable bonds is 5. The van der Waals surface area contributed by atoms with Crippen LogP contribution in [0.1, 0.15) is 5.56 Å². The summed E-state index contributed by atoms with van der Waals surface area (Å²) in [5.74, 6) is -0.241. The maximum atomic E-state index is 12.2. The summed E-state index contributed by atoms with van der Waals surface area (Å²) >= 11 is 4.35. The van der Waals surface area contributed by atoms with Crippen LogP contribution in [0.25, 0.3) is 0 Å². The van der Waals surface area contributed by atoms with Gasteiger partial charge in [-0.25, -0.2) is 16.8 Å². The molecule has 2 aromatic rings. The van der Waals surface area contributed by atoms with Gasteiger partial charge in [-0.1, -0.05) is 22.0 Å². The van der Waals surface area contributed by atoms with Crippen molar-refractivity contribution in [3.63, 3.8) is 0 Å². The van der Waals surface area contributed by atoms with Crippen LogP contribution in [0.5, 0.6) is 0 Å². The molecular weight excluding hydrogens is 398 g/mol. The van der Waals surface area contributed by atoms with Crippen molar-refractivity contribution in [3.05, 3.63) is 45.7 Å². The maximum absolute atomic E-state index is 12.2. The predicted octanol–water partition coefficient (Wildman–Crippen LogP) is 2.86. The minimum absolute atomic E-state index is 0.177. The highest BCUT2D eigenvalue weighted by Gasteiger charge is 2.18. The monoisotopic (exact) mass is 409 g/mol. The van der Waals surface area contributed by atoms with Gasteiger partial charge < -0.3 is 0 Å². The van der Waals surface area contributed by atoms with Gasteiger partial charge in [-0.05, 0) is 35.2 Å². The van der Waals surface area contributed by atoms with E-state index in [1.165, 1.54) is 12.1 Å². The Hall–Kier alpha value is -0.900. The smallest absolute Gasteiger partial charge is 0.271 e. The van der Waals surface area contributed by atoms with E-state index in [0.29, 0.717) is 10.0 Å². The second kappa shape index (κ2) is 6.07. The van der Waals surface area contributed by atoms with E-state index in [1.54, 1.807) is 23.6 Å². The largest absolute Gasteiger partial charge is 0.279 e. The molecule has 1 aromatic heterocycles. The minimum atomic E-state index is -3.70. The number of sulfone groups is 1. The van der Waals surface area contributed by atoms with Crippen molar-refractivity contribution in [1.29, 1.82) is 0 Å². The molecule has 0 atom stereocenters. The topological polar surface area (TPSA) is 80.3 Å². The van der Waals surface area contributed by atoms with E-state index in [0.717, 1.165) is 17.6 Å². The van der Waals surface area contributed by atoms with Gasteiger partial charge in [0.25, 0.3) is 10.0 Å². The van der Waals surface area contributed by atoms with Gasteiger partial charge in [0.2, 0.25) is 0 Å². The normalized spacial score (nSPS) is 12.3. The van der Waals surface area contributed by atoms with E-state index in [1.807, 2.05) is 0 Å². The van der Waals surface area contributed by atoms with Crippen LogP contribution in [-0.4, -0.2) is 23.1 Å². The highest BCUT2D eigenvalue weighted by molar-refractivity contribution is 9.10. The molecule has 9 heteroatoms. The highest BCUT2D eigenvalue weighted by atomic mass is 79.9. The second-order valence-corrected chi connectivity index (χ2v) is 10.3. The van der Waals surface area contributed by atoms with E-state index >= 15 is 0 Å². The number of nitrogens with one attached hydrogen (secondary N) is 1. The molecule has 1 N–H and O–H groups in total. The number of halogens is 1. The summed E-state index contributed by atoms with van der Waals surface area (Å²) in [4.78, 5) is 0. The van der Waals surface area contributed by atoms with Crippen molar-refractivity contribution < 1.29 is 16.8 Å². The standard InChI is InChI=1S/C12H12BrNO4S3/c1-20(15,16)8-9-7-10(13)4-5-11(9)14-21(17,18)12-3-2-6-19-12/h2-7,14H,8H2,1H3. The summed E-state index contributed by atoms with van der Waals surface area (Å²) in [6.07, 6.45) is 1.10. The van der Waals surface area contributed by atoms with Gasteiger partial charge in [-0.2, -0.15) is 0 Å². The average molecular weight is 410 g/mol. The first kappa shape index (κ1) is 16.5. The molecule has 1 aromatic carbocycles. The Morgan fingerprint density at radius 2 is 1.90 bits per heavy atom. The molecule has 21 heavy (non-hydrogen) atoms. The van der Waals surface area contributed by atoms with Gasteiger partial charge >= 0.3 is 0 Å². The first-order chi connectivity index (χ1) is 9.67. The molecule has 1 heterocycles. The summed E-state index contributed by atoms with van der Waals surface area (Å²) in [7, 11) is -6.98. The molecule has 0 bridgehead atoms. The third-order valence-electron chi connectivity index (χ3n) is 2.49. The number of hydrogen-bond acceptors (Lipinski definition) is 5. The number of anilines is 1. The Labute approximate surface area is 136 Å². The Balaban J connectivity index is 2.41. The van der Waals surface area contributed by atoms with Crippen LogP contribution in [0, 0.1) is 0 Å². The van der Waals surface area contributed by atoms with E-state index in [-0.39, 0.29) is 15.6 Å². The van der Waals surface area contributed by atoms with Crippen LogP contribution in [0.15, 0.2) is 44.4 Å². The summed E-state index contributed by atoms with van der Waals surface area (Å²) in [5, 5.41) is 1.66. The van der Waals surface area contributed by atoms with E-state index in [9.17, 15) is 16.8 Å². The fourth-order valence-corrected chi connectivity index (χ4v) is 4.98. The molecule has 0 aliphatic carbocycles. The summed E-state index contributed by atoms with van der Waals surface area (Å²) in [6.45, 7) is 0. The fraction of sp³-hybridized carbons (Fsp3) is 0.167. The number of sulfonamides is 1. The molecular formula is C12H12BrNO4S3. The molecule has 0 unspecified atom stereocenters. The summed E-state index contributed by atoms with van der Waals surface area (Å²) < 4.78 is 50.6. The molecule has 114 valence electrons. The lowest BCUT2D eigenvalue weighted by Crippen LogP contribution is -2.14. The molecule has 2 rings (SSSR count). The molecule has 0 radical (unpaired) electrons. The fourth-order valence-electron chi connectivity index (χ4n) is 1.68. The quantitative estimate of drug-likeness (QED) is 0.822. The highest BCUT2D eigenvalue weighted by Crippen LogP contribution is 2.26. The summed E-state index contributed by atoms with van der Waals surface area (Å²) in [5.41, 5.74) is 0.657. The van der Waals surface area contributed by atoms with Gasteiger partial charge in [0.1, 0.15) is 4.21 Å². The molecule has 0 saturated carbocycles. The molecule has 0 aliphatic rings. The van der Waals surface area contributed by atoms with Crippen LogP contribution < -0.4 is 4.72 Å². The third-order valence-corrected chi connectivity index (χ3v) is 6.58. The van der Waals surface area contributed by atoms with Crippen LogP contribution in [-0.2, 0) is 25.6 Å². The van der Waals surface area contributed by atoms with Gasteiger partial charge in [0.15, 0.2) is 9.84 Å². The zero-order valence-corrected chi connectivity index (χ0v) is 14.9. The van der Waals surface area contributed by atoms with Crippen LogP contribution in [0.4, 0.5) is 5.69 Å². The van der Waals surface area contributed by atoms with Crippen molar-refractivity contribution >= 4 is 52.8 Å². The Kier molecular flexibility index (Phi) is 4.76. The van der Waals surface area contributed by atoms with Crippen molar-refractivity contribution in [2.24, 2.45) is 0 Å². The average Bonchev–Trinajstić information content (AvgIpc) is 2.85. The number of thiophene rings is 1. The first-order valence-corrected chi connectivity index (χ1v) is 10.9. The molecule has 5 nitrogen and oxygen atoms in total. The van der Waals surface area contributed by atoms with E-state index in [2.05, 4.69) is 20.7 Å². The molecule has 0 amide bonds. The minimum Gasteiger partial charge on any atom is -0.279 e. The Morgan fingerprint density at radius 1 is 1.19 bits per heavy atom. The zero-order chi connectivity index (χ0) is 15.7. The number of benzene rings is 1. The van der Waals surface area contributed by atoms with Crippen molar-refractivity contribution in [3.8, 4) is 0 Å². The SMILES string of the molecule is CS(=O)(=O)Cc1cc(Br)ccc1NS(=O)(=O)c1cccs1. The van der Waals surface area contributed by atoms with Crippen LogP contribution >= 0.6 is 27.3 Å². The van der Waals surface area contributed by atoms with E-state index < -0.39 is 19.9 Å². The molecule has 0 saturated heterocycles. The van der Waals surface area contributed by atoms with Gasteiger partial charge in [0.05, 0.1) is 11.4 Å². The molecule has 0 aliphatic heterocycles. The molecule has 0 fully saturated rings. The lowest BCUT2D eigenvalue weighted by atomic mass is 10.2. The van der Waals surface area contributed by atoms with Crippen molar-refractivity contribution in [1.82, 2.24) is 0 Å². The van der Waals surface area contributed by atoms with E-state index in [4.69, 9.17) is 0 Å². The Bertz CT molecular complexity index is 843. The molecule has 0 spiro atoms. The van der Waals surface area contributed by atoms with Gasteiger partial charge in [-0.3, -0.25) is 4.72 Å². The first-order valence-electron chi connectivity index (χ1n) is 5.70. The van der Waals surface area contributed by atoms with Gasteiger partial charge in [-0.15, -0.1) is 11.3 Å². The Morgan fingerprint density at radius 3 is 2.48 bits per heavy atom. The van der Waals surface area contributed by atoms with Crippen LogP contribution in [0.2, 0.25) is 0 Å². The summed E-state index contributed by atoms with van der Waals surface area (Å²) in [6, 6.07) is 7.90. The number of hydrogen-bond donors (Lipinski definition) is 1. The van der Waals surface area contributed by atoms with Crippen molar-refractivity contribution in [2.75, 3.05) is 11.0 Å². The lowest BCUT2D eigenvalue weighted by molar-refractivity contribution is 0.599. The maximum Gasteiger partial charge on any atom is 0.271 e. The van der Waals surface area contributed by atoms with Crippen molar-refractivity contribution in [2.45, 2.75) is 9.96 Å². The third kappa shape index (κ3) is 4.53. The lowest BCUT2D eigenvalue weighted by Gasteiger charge is -2.12. The van der Waals surface area contributed by atoms with Crippen LogP contribution in [0.3, 0.4) is 0 Å². The zero-order valence-electron chi connectivity index (χ0n) is 10.9. The second-order valence-electron chi connectivity index (χ2n) is 4.41. The predicted molar refractivity (Wildman–Crippen MR) is 87.8 cm³/mol.